The summed E-state index contributed by atoms with van der Waals surface area (Å²) in [7, 11) is 0. The maximum absolute atomic E-state index is 5.35. The standard InChI is InChI=1S/C11H21N3O2/c1-4-6-15-7-5-11-13-10(14-16-11)8-12-9(2)3/h9,12H,4-8H2,1-3H3. The Morgan fingerprint density at radius 2 is 2.19 bits per heavy atom. The Bertz CT molecular complexity index is 287. The van der Waals surface area contributed by atoms with Crippen LogP contribution in [0.5, 0.6) is 0 Å². The first-order valence-electron chi connectivity index (χ1n) is 5.85. The Morgan fingerprint density at radius 3 is 2.88 bits per heavy atom. The smallest absolute Gasteiger partial charge is 0.229 e. The van der Waals surface area contributed by atoms with Gasteiger partial charge in [-0.25, -0.2) is 0 Å². The predicted octanol–water partition coefficient (Wildman–Crippen LogP) is 1.54. The van der Waals surface area contributed by atoms with Crippen LogP contribution >= 0.6 is 0 Å². The van der Waals surface area contributed by atoms with Crippen molar-refractivity contribution in [2.45, 2.75) is 46.2 Å². The molecule has 1 rings (SSSR count). The molecule has 5 heteroatoms. The van der Waals surface area contributed by atoms with Gasteiger partial charge in [0.15, 0.2) is 5.82 Å². The Hall–Kier alpha value is -0.940. The predicted molar refractivity (Wildman–Crippen MR) is 61.1 cm³/mol. The molecule has 5 nitrogen and oxygen atoms in total. The minimum absolute atomic E-state index is 0.426. The largest absolute Gasteiger partial charge is 0.381 e. The van der Waals surface area contributed by atoms with Gasteiger partial charge in [-0.15, -0.1) is 0 Å². The Kier molecular flexibility index (Phi) is 6.03. The van der Waals surface area contributed by atoms with Crippen LogP contribution in [0.4, 0.5) is 0 Å². The van der Waals surface area contributed by atoms with Crippen LogP contribution < -0.4 is 5.32 Å². The molecule has 0 saturated carbocycles. The highest BCUT2D eigenvalue weighted by atomic mass is 16.5. The highest BCUT2D eigenvalue weighted by Gasteiger charge is 2.06. The Labute approximate surface area is 96.6 Å². The second-order valence-electron chi connectivity index (χ2n) is 4.00. The van der Waals surface area contributed by atoms with E-state index in [0.29, 0.717) is 37.3 Å². The molecule has 1 N–H and O–H groups in total. The van der Waals surface area contributed by atoms with E-state index in [2.05, 4.69) is 36.2 Å². The summed E-state index contributed by atoms with van der Waals surface area (Å²) >= 11 is 0. The molecule has 1 aromatic rings. The zero-order valence-electron chi connectivity index (χ0n) is 10.3. The number of hydrogen-bond donors (Lipinski definition) is 1. The number of rotatable bonds is 8. The van der Waals surface area contributed by atoms with E-state index in [0.717, 1.165) is 13.0 Å². The van der Waals surface area contributed by atoms with Crippen LogP contribution in [-0.2, 0) is 17.7 Å². The molecule has 0 atom stereocenters. The first-order chi connectivity index (χ1) is 7.72. The highest BCUT2D eigenvalue weighted by molar-refractivity contribution is 4.86. The number of hydrogen-bond acceptors (Lipinski definition) is 5. The number of nitrogens with zero attached hydrogens (tertiary/aromatic N) is 2. The summed E-state index contributed by atoms with van der Waals surface area (Å²) < 4.78 is 10.4. The van der Waals surface area contributed by atoms with Gasteiger partial charge in [0, 0.05) is 12.6 Å². The first kappa shape index (κ1) is 13.1. The minimum Gasteiger partial charge on any atom is -0.381 e. The number of ether oxygens (including phenoxy) is 1. The fraction of sp³-hybridized carbons (Fsp3) is 0.818. The molecule has 0 aliphatic carbocycles. The van der Waals surface area contributed by atoms with Crippen LogP contribution in [-0.4, -0.2) is 29.4 Å². The summed E-state index contributed by atoms with van der Waals surface area (Å²) in [6, 6.07) is 0.426. The lowest BCUT2D eigenvalue weighted by Crippen LogP contribution is -2.22. The fourth-order valence-electron chi connectivity index (χ4n) is 1.16. The van der Waals surface area contributed by atoms with Crippen molar-refractivity contribution in [3.05, 3.63) is 11.7 Å². The Balaban J connectivity index is 2.22. The maximum Gasteiger partial charge on any atom is 0.229 e. The average Bonchev–Trinajstić information content (AvgIpc) is 2.70. The summed E-state index contributed by atoms with van der Waals surface area (Å²) in [6.07, 6.45) is 1.72. The summed E-state index contributed by atoms with van der Waals surface area (Å²) in [5.41, 5.74) is 0. The van der Waals surface area contributed by atoms with Crippen LogP contribution in [0, 0.1) is 0 Å². The second kappa shape index (κ2) is 7.35. The van der Waals surface area contributed by atoms with Gasteiger partial charge < -0.3 is 14.6 Å². The lowest BCUT2D eigenvalue weighted by molar-refractivity contribution is 0.132. The summed E-state index contributed by atoms with van der Waals surface area (Å²) in [6.45, 7) is 8.33. The van der Waals surface area contributed by atoms with Crippen molar-refractivity contribution < 1.29 is 9.26 Å². The van der Waals surface area contributed by atoms with Crippen LogP contribution in [0.15, 0.2) is 4.52 Å². The van der Waals surface area contributed by atoms with Crippen molar-refractivity contribution in [1.29, 1.82) is 0 Å². The van der Waals surface area contributed by atoms with E-state index in [4.69, 9.17) is 9.26 Å². The molecule has 0 aliphatic rings. The van der Waals surface area contributed by atoms with E-state index in [1.807, 2.05) is 0 Å². The normalized spacial score (nSPS) is 11.2. The topological polar surface area (TPSA) is 60.2 Å². The van der Waals surface area contributed by atoms with E-state index in [1.54, 1.807) is 0 Å². The van der Waals surface area contributed by atoms with Gasteiger partial charge in [-0.2, -0.15) is 4.98 Å². The third kappa shape index (κ3) is 5.23. The molecule has 0 aromatic carbocycles. The molecular weight excluding hydrogens is 206 g/mol. The van der Waals surface area contributed by atoms with E-state index in [9.17, 15) is 0 Å². The molecule has 0 saturated heterocycles. The zero-order valence-corrected chi connectivity index (χ0v) is 10.3. The first-order valence-corrected chi connectivity index (χ1v) is 5.85. The molecule has 0 unspecified atom stereocenters. The maximum atomic E-state index is 5.35. The Morgan fingerprint density at radius 1 is 1.38 bits per heavy atom. The van der Waals surface area contributed by atoms with Crippen molar-refractivity contribution >= 4 is 0 Å². The van der Waals surface area contributed by atoms with Crippen molar-refractivity contribution in [2.75, 3.05) is 13.2 Å². The van der Waals surface area contributed by atoms with Crippen molar-refractivity contribution in [3.8, 4) is 0 Å². The zero-order chi connectivity index (χ0) is 11.8. The average molecular weight is 227 g/mol. The molecular formula is C11H21N3O2. The van der Waals surface area contributed by atoms with E-state index in [-0.39, 0.29) is 0 Å². The van der Waals surface area contributed by atoms with Crippen LogP contribution in [0.2, 0.25) is 0 Å². The van der Waals surface area contributed by atoms with E-state index >= 15 is 0 Å². The van der Waals surface area contributed by atoms with Crippen molar-refractivity contribution in [2.24, 2.45) is 0 Å². The molecule has 0 spiro atoms. The minimum atomic E-state index is 0.426. The van der Waals surface area contributed by atoms with Crippen LogP contribution in [0.3, 0.4) is 0 Å². The van der Waals surface area contributed by atoms with Gasteiger partial charge in [-0.1, -0.05) is 25.9 Å². The quantitative estimate of drug-likeness (QED) is 0.682. The third-order valence-electron chi connectivity index (χ3n) is 1.99. The molecule has 0 aliphatic heterocycles. The molecule has 1 heterocycles. The van der Waals surface area contributed by atoms with Gasteiger partial charge in [0.1, 0.15) is 0 Å². The molecule has 0 bridgehead atoms. The van der Waals surface area contributed by atoms with Gasteiger partial charge in [0.05, 0.1) is 19.6 Å². The van der Waals surface area contributed by atoms with Crippen LogP contribution in [0.1, 0.15) is 38.9 Å². The molecule has 1 aromatic heterocycles. The lowest BCUT2D eigenvalue weighted by Gasteiger charge is -2.03. The second-order valence-corrected chi connectivity index (χ2v) is 4.00. The van der Waals surface area contributed by atoms with Gasteiger partial charge >= 0.3 is 0 Å². The summed E-state index contributed by atoms with van der Waals surface area (Å²) in [5.74, 6) is 1.36. The summed E-state index contributed by atoms with van der Waals surface area (Å²) in [5, 5.41) is 7.12. The molecule has 0 fully saturated rings. The van der Waals surface area contributed by atoms with Crippen molar-refractivity contribution in [1.82, 2.24) is 15.5 Å². The number of aromatic nitrogens is 2. The van der Waals surface area contributed by atoms with E-state index < -0.39 is 0 Å². The van der Waals surface area contributed by atoms with Gasteiger partial charge in [0.2, 0.25) is 5.89 Å². The molecule has 0 radical (unpaired) electrons. The van der Waals surface area contributed by atoms with Gasteiger partial charge in [-0.05, 0) is 6.42 Å². The molecule has 0 amide bonds. The highest BCUT2D eigenvalue weighted by Crippen LogP contribution is 1.99. The number of nitrogens with one attached hydrogen (secondary N) is 1. The summed E-state index contributed by atoms with van der Waals surface area (Å²) in [4.78, 5) is 4.26. The molecule has 92 valence electrons. The molecule has 16 heavy (non-hydrogen) atoms. The van der Waals surface area contributed by atoms with Crippen molar-refractivity contribution in [3.63, 3.8) is 0 Å². The monoisotopic (exact) mass is 227 g/mol. The third-order valence-corrected chi connectivity index (χ3v) is 1.99. The van der Waals surface area contributed by atoms with E-state index in [1.165, 1.54) is 0 Å². The fourth-order valence-corrected chi connectivity index (χ4v) is 1.16. The van der Waals surface area contributed by atoms with Gasteiger partial charge in [0.25, 0.3) is 0 Å². The SMILES string of the molecule is CCCOCCc1nc(CNC(C)C)no1. The van der Waals surface area contributed by atoms with Crippen LogP contribution in [0.25, 0.3) is 0 Å². The lowest BCUT2D eigenvalue weighted by atomic mass is 10.4. The van der Waals surface area contributed by atoms with Gasteiger partial charge in [-0.3, -0.25) is 0 Å².